The molecule has 2 rings (SSSR count). The normalized spacial score (nSPS) is 13.1. The molecule has 21 heavy (non-hydrogen) atoms. The summed E-state index contributed by atoms with van der Waals surface area (Å²) in [5.41, 5.74) is 1.43. The number of furan rings is 1. The van der Waals surface area contributed by atoms with Crippen LogP contribution in [0.1, 0.15) is 45.1 Å². The summed E-state index contributed by atoms with van der Waals surface area (Å²) < 4.78 is 11.2. The van der Waals surface area contributed by atoms with Crippen LogP contribution in [-0.4, -0.2) is 13.2 Å². The summed E-state index contributed by atoms with van der Waals surface area (Å²) in [6.07, 6.45) is 1.70. The van der Waals surface area contributed by atoms with Gasteiger partial charge in [0, 0.05) is 6.54 Å². The van der Waals surface area contributed by atoms with E-state index in [0.29, 0.717) is 6.61 Å². The van der Waals surface area contributed by atoms with Crippen LogP contribution in [0.15, 0.2) is 47.1 Å². The fourth-order valence-corrected chi connectivity index (χ4v) is 2.13. The van der Waals surface area contributed by atoms with Crippen LogP contribution in [0.4, 0.5) is 0 Å². The van der Waals surface area contributed by atoms with Crippen molar-refractivity contribution in [2.75, 3.05) is 13.2 Å². The molecule has 3 nitrogen and oxygen atoms in total. The Morgan fingerprint density at radius 3 is 2.67 bits per heavy atom. The van der Waals surface area contributed by atoms with E-state index in [2.05, 4.69) is 51.2 Å². The van der Waals surface area contributed by atoms with Gasteiger partial charge in [-0.25, -0.2) is 0 Å². The van der Waals surface area contributed by atoms with Gasteiger partial charge >= 0.3 is 0 Å². The van der Waals surface area contributed by atoms with Crippen LogP contribution < -0.4 is 10.1 Å². The van der Waals surface area contributed by atoms with Gasteiger partial charge in [-0.2, -0.15) is 0 Å². The van der Waals surface area contributed by atoms with Gasteiger partial charge in [-0.3, -0.25) is 0 Å². The Balaban J connectivity index is 1.79. The second kappa shape index (κ2) is 6.81. The SMILES string of the molecule is CC(NCCOc1cccc(C(C)(C)C)c1)c1ccco1. The van der Waals surface area contributed by atoms with Crippen molar-refractivity contribution in [1.29, 1.82) is 0 Å². The standard InChI is InChI=1S/C18H25NO2/c1-14(17-9-6-11-21-17)19-10-12-20-16-8-5-7-15(13-16)18(2,3)4/h5-9,11,13-14,19H,10,12H2,1-4H3. The molecule has 0 radical (unpaired) electrons. The van der Waals surface area contributed by atoms with Gasteiger partial charge in [0.2, 0.25) is 0 Å². The second-order valence-electron chi connectivity index (χ2n) is 6.32. The lowest BCUT2D eigenvalue weighted by atomic mass is 9.87. The Bertz CT molecular complexity index is 541. The lowest BCUT2D eigenvalue weighted by Gasteiger charge is -2.20. The molecule has 1 heterocycles. The maximum atomic E-state index is 5.82. The highest BCUT2D eigenvalue weighted by Crippen LogP contribution is 2.25. The summed E-state index contributed by atoms with van der Waals surface area (Å²) in [5, 5.41) is 3.38. The van der Waals surface area contributed by atoms with Crippen molar-refractivity contribution < 1.29 is 9.15 Å². The van der Waals surface area contributed by atoms with Crippen LogP contribution in [-0.2, 0) is 5.41 Å². The molecule has 0 spiro atoms. The molecule has 0 saturated carbocycles. The average Bonchev–Trinajstić information content (AvgIpc) is 2.97. The fourth-order valence-electron chi connectivity index (χ4n) is 2.13. The zero-order valence-corrected chi connectivity index (χ0v) is 13.3. The summed E-state index contributed by atoms with van der Waals surface area (Å²) in [5.74, 6) is 1.87. The second-order valence-corrected chi connectivity index (χ2v) is 6.32. The molecule has 0 aliphatic carbocycles. The largest absolute Gasteiger partial charge is 0.492 e. The molecule has 1 N–H and O–H groups in total. The summed E-state index contributed by atoms with van der Waals surface area (Å²) >= 11 is 0. The Morgan fingerprint density at radius 2 is 2.00 bits per heavy atom. The van der Waals surface area contributed by atoms with Crippen molar-refractivity contribution in [1.82, 2.24) is 5.32 Å². The molecule has 0 aliphatic heterocycles. The van der Waals surface area contributed by atoms with Gasteiger partial charge in [-0.05, 0) is 42.2 Å². The molecule has 0 aliphatic rings. The smallest absolute Gasteiger partial charge is 0.120 e. The maximum absolute atomic E-state index is 5.82. The van der Waals surface area contributed by atoms with Crippen LogP contribution in [0.5, 0.6) is 5.75 Å². The maximum Gasteiger partial charge on any atom is 0.120 e. The Kier molecular flexibility index (Phi) is 5.07. The van der Waals surface area contributed by atoms with Crippen LogP contribution >= 0.6 is 0 Å². The van der Waals surface area contributed by atoms with Crippen molar-refractivity contribution in [3.63, 3.8) is 0 Å². The lowest BCUT2D eigenvalue weighted by molar-refractivity contribution is 0.301. The van der Waals surface area contributed by atoms with E-state index < -0.39 is 0 Å². The highest BCUT2D eigenvalue weighted by molar-refractivity contribution is 5.32. The van der Waals surface area contributed by atoms with Gasteiger partial charge in [0.1, 0.15) is 18.1 Å². The predicted octanol–water partition coefficient (Wildman–Crippen LogP) is 4.31. The first-order chi connectivity index (χ1) is 9.97. The number of rotatable bonds is 6. The summed E-state index contributed by atoms with van der Waals surface area (Å²) in [6.45, 7) is 10.1. The quantitative estimate of drug-likeness (QED) is 0.804. The number of hydrogen-bond donors (Lipinski definition) is 1. The monoisotopic (exact) mass is 287 g/mol. The summed E-state index contributed by atoms with van der Waals surface area (Å²) in [7, 11) is 0. The van der Waals surface area contributed by atoms with Gasteiger partial charge < -0.3 is 14.5 Å². The van der Waals surface area contributed by atoms with E-state index in [1.165, 1.54) is 5.56 Å². The first-order valence-electron chi connectivity index (χ1n) is 7.47. The predicted molar refractivity (Wildman–Crippen MR) is 85.8 cm³/mol. The molecule has 1 aromatic heterocycles. The first kappa shape index (κ1) is 15.6. The van der Waals surface area contributed by atoms with Gasteiger partial charge in [-0.15, -0.1) is 0 Å². The fraction of sp³-hybridized carbons (Fsp3) is 0.444. The van der Waals surface area contributed by atoms with Crippen LogP contribution in [0.3, 0.4) is 0 Å². The van der Waals surface area contributed by atoms with Crippen molar-refractivity contribution >= 4 is 0 Å². The van der Waals surface area contributed by atoms with Crippen molar-refractivity contribution in [2.45, 2.75) is 39.2 Å². The summed E-state index contributed by atoms with van der Waals surface area (Å²) in [6, 6.07) is 12.4. The van der Waals surface area contributed by atoms with Crippen molar-refractivity contribution in [2.24, 2.45) is 0 Å². The average molecular weight is 287 g/mol. The zero-order chi connectivity index (χ0) is 15.3. The van der Waals surface area contributed by atoms with Gasteiger partial charge in [0.05, 0.1) is 12.3 Å². The minimum Gasteiger partial charge on any atom is -0.492 e. The number of benzene rings is 1. The minimum atomic E-state index is 0.144. The molecule has 0 fully saturated rings. The molecular weight excluding hydrogens is 262 g/mol. The molecule has 0 saturated heterocycles. The highest BCUT2D eigenvalue weighted by Gasteiger charge is 2.13. The lowest BCUT2D eigenvalue weighted by Crippen LogP contribution is -2.24. The van der Waals surface area contributed by atoms with E-state index in [0.717, 1.165) is 18.1 Å². The van der Waals surface area contributed by atoms with E-state index in [-0.39, 0.29) is 11.5 Å². The molecule has 3 heteroatoms. The van der Waals surface area contributed by atoms with Gasteiger partial charge in [0.15, 0.2) is 0 Å². The first-order valence-corrected chi connectivity index (χ1v) is 7.47. The molecule has 0 bridgehead atoms. The number of hydrogen-bond acceptors (Lipinski definition) is 3. The van der Waals surface area contributed by atoms with E-state index in [9.17, 15) is 0 Å². The third-order valence-corrected chi connectivity index (χ3v) is 3.49. The molecule has 1 atom stereocenters. The number of nitrogens with one attached hydrogen (secondary N) is 1. The molecule has 1 unspecified atom stereocenters. The molecule has 0 amide bonds. The zero-order valence-electron chi connectivity index (χ0n) is 13.3. The molecule has 1 aromatic carbocycles. The van der Waals surface area contributed by atoms with E-state index in [1.807, 2.05) is 18.2 Å². The number of ether oxygens (including phenoxy) is 1. The van der Waals surface area contributed by atoms with E-state index in [4.69, 9.17) is 9.15 Å². The van der Waals surface area contributed by atoms with E-state index >= 15 is 0 Å². The highest BCUT2D eigenvalue weighted by atomic mass is 16.5. The van der Waals surface area contributed by atoms with Gasteiger partial charge in [-0.1, -0.05) is 32.9 Å². The molecule has 114 valence electrons. The van der Waals surface area contributed by atoms with Gasteiger partial charge in [0.25, 0.3) is 0 Å². The Hall–Kier alpha value is -1.74. The Morgan fingerprint density at radius 1 is 1.19 bits per heavy atom. The van der Waals surface area contributed by atoms with Crippen LogP contribution in [0.2, 0.25) is 0 Å². The van der Waals surface area contributed by atoms with E-state index in [1.54, 1.807) is 6.26 Å². The molecular formula is C18H25NO2. The van der Waals surface area contributed by atoms with Crippen LogP contribution in [0.25, 0.3) is 0 Å². The third kappa shape index (κ3) is 4.64. The summed E-state index contributed by atoms with van der Waals surface area (Å²) in [4.78, 5) is 0. The van der Waals surface area contributed by atoms with Crippen LogP contribution in [0, 0.1) is 0 Å². The Labute approximate surface area is 127 Å². The minimum absolute atomic E-state index is 0.144. The van der Waals surface area contributed by atoms with Crippen molar-refractivity contribution in [3.05, 3.63) is 54.0 Å². The van der Waals surface area contributed by atoms with Crippen molar-refractivity contribution in [3.8, 4) is 5.75 Å². The third-order valence-electron chi connectivity index (χ3n) is 3.49. The molecule has 2 aromatic rings. The topological polar surface area (TPSA) is 34.4 Å².